The van der Waals surface area contributed by atoms with E-state index in [0.717, 1.165) is 16.9 Å². The molecule has 0 amide bonds. The van der Waals surface area contributed by atoms with Crippen molar-refractivity contribution in [2.45, 2.75) is 6.61 Å². The molecule has 2 aromatic heterocycles. The molecule has 0 unspecified atom stereocenters. The first-order valence-corrected chi connectivity index (χ1v) is 9.17. The topological polar surface area (TPSA) is 118 Å². The smallest absolute Gasteiger partial charge is 0.375 e. The van der Waals surface area contributed by atoms with Crippen LogP contribution < -0.4 is 5.73 Å². The lowest BCUT2D eigenvalue weighted by Crippen LogP contribution is -2.12. The van der Waals surface area contributed by atoms with Gasteiger partial charge in [0.15, 0.2) is 0 Å². The first kappa shape index (κ1) is 20.2. The summed E-state index contributed by atoms with van der Waals surface area (Å²) in [5.41, 5.74) is 7.28. The van der Waals surface area contributed by atoms with Crippen LogP contribution in [0.2, 0.25) is 0 Å². The zero-order chi connectivity index (χ0) is 21.0. The molecule has 2 heterocycles. The van der Waals surface area contributed by atoms with Gasteiger partial charge in [0.25, 0.3) is 0 Å². The fraction of sp³-hybridized carbons (Fsp3) is 0.150. The minimum Gasteiger partial charge on any atom is -0.465 e. The van der Waals surface area contributed by atoms with Crippen LogP contribution in [0.5, 0.6) is 0 Å². The number of thiophene rings is 1. The van der Waals surface area contributed by atoms with E-state index >= 15 is 0 Å². The van der Waals surface area contributed by atoms with Crippen LogP contribution >= 0.6 is 11.3 Å². The average Bonchev–Trinajstić information content (AvgIpc) is 3.36. The maximum Gasteiger partial charge on any atom is 0.375 e. The molecule has 0 radical (unpaired) electrons. The highest BCUT2D eigenvalue weighted by atomic mass is 32.1. The molecule has 3 rings (SSSR count). The molecule has 0 aliphatic heterocycles. The molecule has 1 aromatic carbocycles. The van der Waals surface area contributed by atoms with Crippen LogP contribution in [-0.4, -0.2) is 32.1 Å². The Morgan fingerprint density at radius 2 is 1.69 bits per heavy atom. The number of carbonyl (C=O) groups is 3. The Hall–Kier alpha value is -3.59. The standard InChI is InChI=1S/C20H17NO7S/c1-25-18(22)14-13(16(20(24)26-2)29-17(14)21)10-28-19(23)15-12(8-9-27-15)11-6-4-3-5-7-11/h3-9H,10,21H2,1-2H3. The lowest BCUT2D eigenvalue weighted by molar-refractivity contribution is 0.0421. The molecule has 8 nitrogen and oxygen atoms in total. The average molecular weight is 415 g/mol. The second kappa shape index (κ2) is 8.61. The van der Waals surface area contributed by atoms with Gasteiger partial charge in [-0.2, -0.15) is 0 Å². The molecular formula is C20H17NO7S. The molecule has 0 atom stereocenters. The van der Waals surface area contributed by atoms with E-state index in [1.807, 2.05) is 30.3 Å². The fourth-order valence-electron chi connectivity index (χ4n) is 2.72. The summed E-state index contributed by atoms with van der Waals surface area (Å²) in [4.78, 5) is 36.8. The van der Waals surface area contributed by atoms with Crippen molar-refractivity contribution in [1.82, 2.24) is 0 Å². The summed E-state index contributed by atoms with van der Waals surface area (Å²) in [6.45, 7) is -0.393. The Kier molecular flexibility index (Phi) is 5.99. The van der Waals surface area contributed by atoms with Gasteiger partial charge in [0, 0.05) is 11.1 Å². The summed E-state index contributed by atoms with van der Waals surface area (Å²) in [5.74, 6) is -2.21. The van der Waals surface area contributed by atoms with Gasteiger partial charge in [-0.05, 0) is 11.6 Å². The van der Waals surface area contributed by atoms with E-state index in [0.29, 0.717) is 5.56 Å². The molecule has 3 aromatic rings. The van der Waals surface area contributed by atoms with Crippen molar-refractivity contribution in [2.24, 2.45) is 0 Å². The third-order valence-electron chi connectivity index (χ3n) is 4.08. The molecule has 29 heavy (non-hydrogen) atoms. The molecule has 0 aliphatic carbocycles. The zero-order valence-corrected chi connectivity index (χ0v) is 16.4. The molecule has 0 fully saturated rings. The third-order valence-corrected chi connectivity index (χ3v) is 5.12. The van der Waals surface area contributed by atoms with Crippen molar-refractivity contribution in [3.05, 3.63) is 64.4 Å². The third kappa shape index (κ3) is 3.99. The molecule has 2 N–H and O–H groups in total. The molecule has 150 valence electrons. The summed E-state index contributed by atoms with van der Waals surface area (Å²) >= 11 is 0.854. The maximum absolute atomic E-state index is 12.6. The Balaban J connectivity index is 1.89. The van der Waals surface area contributed by atoms with Gasteiger partial charge < -0.3 is 24.4 Å². The number of methoxy groups -OCH3 is 2. The van der Waals surface area contributed by atoms with Crippen molar-refractivity contribution in [3.63, 3.8) is 0 Å². The van der Waals surface area contributed by atoms with Crippen LogP contribution in [0.4, 0.5) is 5.00 Å². The van der Waals surface area contributed by atoms with Crippen LogP contribution in [0.1, 0.15) is 36.1 Å². The molecule has 0 spiro atoms. The molecular weight excluding hydrogens is 398 g/mol. The van der Waals surface area contributed by atoms with E-state index in [1.165, 1.54) is 20.5 Å². The summed E-state index contributed by atoms with van der Waals surface area (Å²) < 4.78 is 20.1. The Bertz CT molecular complexity index is 1050. The number of hydrogen-bond acceptors (Lipinski definition) is 9. The van der Waals surface area contributed by atoms with Gasteiger partial charge in [-0.1, -0.05) is 30.3 Å². The SMILES string of the molecule is COC(=O)c1sc(N)c(C(=O)OC)c1COC(=O)c1occc1-c1ccccc1. The number of carbonyl (C=O) groups excluding carboxylic acids is 3. The summed E-state index contributed by atoms with van der Waals surface area (Å²) in [6.07, 6.45) is 1.38. The van der Waals surface area contributed by atoms with Gasteiger partial charge in [0.05, 0.1) is 20.5 Å². The molecule has 0 bridgehead atoms. The normalized spacial score (nSPS) is 10.4. The first-order chi connectivity index (χ1) is 14.0. The number of benzene rings is 1. The number of nitrogens with two attached hydrogens (primary N) is 1. The van der Waals surface area contributed by atoms with E-state index in [1.54, 1.807) is 6.07 Å². The van der Waals surface area contributed by atoms with Gasteiger partial charge in [0.2, 0.25) is 5.76 Å². The van der Waals surface area contributed by atoms with Gasteiger partial charge in [-0.3, -0.25) is 0 Å². The molecule has 0 saturated heterocycles. The fourth-order valence-corrected chi connectivity index (χ4v) is 3.70. The maximum atomic E-state index is 12.6. The predicted molar refractivity (Wildman–Crippen MR) is 105 cm³/mol. The van der Waals surface area contributed by atoms with Crippen molar-refractivity contribution in [1.29, 1.82) is 0 Å². The van der Waals surface area contributed by atoms with Crippen LogP contribution in [0.25, 0.3) is 11.1 Å². The van der Waals surface area contributed by atoms with Crippen molar-refractivity contribution in [3.8, 4) is 11.1 Å². The number of ether oxygens (including phenoxy) is 3. The minimum atomic E-state index is -0.759. The number of hydrogen-bond donors (Lipinski definition) is 1. The summed E-state index contributed by atoms with van der Waals surface area (Å²) in [6, 6.07) is 10.8. The number of nitrogen functional groups attached to an aromatic ring is 1. The molecule has 0 aliphatic rings. The minimum absolute atomic E-state index is 0.00126. The number of furan rings is 1. The van der Waals surface area contributed by atoms with Crippen molar-refractivity contribution < 1.29 is 33.0 Å². The highest BCUT2D eigenvalue weighted by molar-refractivity contribution is 7.18. The van der Waals surface area contributed by atoms with Crippen molar-refractivity contribution in [2.75, 3.05) is 20.0 Å². The Labute approximate surface area is 169 Å². The van der Waals surface area contributed by atoms with E-state index in [-0.39, 0.29) is 26.8 Å². The van der Waals surface area contributed by atoms with Gasteiger partial charge in [0.1, 0.15) is 22.0 Å². The summed E-state index contributed by atoms with van der Waals surface area (Å²) in [7, 11) is 2.38. The second-order valence-corrected chi connectivity index (χ2v) is 6.79. The van der Waals surface area contributed by atoms with Crippen LogP contribution in [-0.2, 0) is 20.8 Å². The molecule has 0 saturated carbocycles. The monoisotopic (exact) mass is 415 g/mol. The number of anilines is 1. The summed E-state index contributed by atoms with van der Waals surface area (Å²) in [5, 5.41) is 0.0614. The van der Waals surface area contributed by atoms with Gasteiger partial charge >= 0.3 is 17.9 Å². The van der Waals surface area contributed by atoms with Crippen LogP contribution in [0, 0.1) is 0 Å². The highest BCUT2D eigenvalue weighted by Gasteiger charge is 2.29. The van der Waals surface area contributed by atoms with Gasteiger partial charge in [-0.25, -0.2) is 14.4 Å². The highest BCUT2D eigenvalue weighted by Crippen LogP contribution is 2.33. The van der Waals surface area contributed by atoms with Crippen molar-refractivity contribution >= 4 is 34.2 Å². The second-order valence-electron chi connectivity index (χ2n) is 5.74. The van der Waals surface area contributed by atoms with Crippen LogP contribution in [0.15, 0.2) is 47.1 Å². The Morgan fingerprint density at radius 1 is 1.00 bits per heavy atom. The van der Waals surface area contributed by atoms with E-state index in [4.69, 9.17) is 24.4 Å². The molecule has 9 heteroatoms. The largest absolute Gasteiger partial charge is 0.465 e. The Morgan fingerprint density at radius 3 is 2.34 bits per heavy atom. The van der Waals surface area contributed by atoms with E-state index in [9.17, 15) is 14.4 Å². The first-order valence-electron chi connectivity index (χ1n) is 8.35. The number of esters is 3. The van der Waals surface area contributed by atoms with Gasteiger partial charge in [-0.15, -0.1) is 11.3 Å². The van der Waals surface area contributed by atoms with E-state index < -0.39 is 24.5 Å². The lowest BCUT2D eigenvalue weighted by atomic mass is 10.1. The lowest BCUT2D eigenvalue weighted by Gasteiger charge is -2.08. The predicted octanol–water partition coefficient (Wildman–Crippen LogP) is 3.52. The number of rotatable bonds is 6. The quantitative estimate of drug-likeness (QED) is 0.480. The van der Waals surface area contributed by atoms with Crippen LogP contribution in [0.3, 0.4) is 0 Å². The van der Waals surface area contributed by atoms with E-state index in [2.05, 4.69) is 0 Å². The zero-order valence-electron chi connectivity index (χ0n) is 15.6.